The van der Waals surface area contributed by atoms with E-state index in [9.17, 15) is 4.57 Å². The molecule has 4 nitrogen and oxygen atoms in total. The molecule has 0 atom stereocenters. The second-order valence-electron chi connectivity index (χ2n) is 4.74. The van der Waals surface area contributed by atoms with Gasteiger partial charge in [-0.2, -0.15) is 0 Å². The number of unbranched alkanes of at least 4 members (excludes halogenated alkanes) is 3. The average molecular weight is 328 g/mol. The van der Waals surface area contributed by atoms with Crippen LogP contribution in [0.15, 0.2) is 0 Å². The zero-order valence-electron chi connectivity index (χ0n) is 13.9. The lowest BCUT2D eigenvalue weighted by Gasteiger charge is -2.16. The zero-order valence-corrected chi connectivity index (χ0v) is 15.7. The van der Waals surface area contributed by atoms with Crippen molar-refractivity contribution in [3.8, 4) is 0 Å². The van der Waals surface area contributed by atoms with Gasteiger partial charge < -0.3 is 4.89 Å². The third kappa shape index (κ3) is 16.6. The summed E-state index contributed by atoms with van der Waals surface area (Å²) >= 11 is 0. The van der Waals surface area contributed by atoms with Crippen LogP contribution < -0.4 is 0 Å². The van der Waals surface area contributed by atoms with Gasteiger partial charge in [-0.05, 0) is 37.7 Å². The largest absolute Gasteiger partial charge is 0.471 e. The first-order valence-corrected chi connectivity index (χ1v) is 11.0. The zero-order chi connectivity index (χ0) is 15.9. The summed E-state index contributed by atoms with van der Waals surface area (Å²) in [4.78, 5) is 8.24. The van der Waals surface area contributed by atoms with Crippen LogP contribution in [0.3, 0.4) is 0 Å². The molecule has 0 unspecified atom stereocenters. The van der Waals surface area contributed by atoms with E-state index in [-0.39, 0.29) is 0 Å². The van der Waals surface area contributed by atoms with Gasteiger partial charge in [0, 0.05) is 14.2 Å². The molecule has 0 aromatic rings. The summed E-state index contributed by atoms with van der Waals surface area (Å²) in [6, 6.07) is 0. The molecule has 0 heterocycles. The molecule has 0 radical (unpaired) electrons. The molecular formula is C14H34O4P2. The maximum Gasteiger partial charge on any atom is 0.471 e. The van der Waals surface area contributed by atoms with Crippen molar-refractivity contribution in [1.29, 1.82) is 0 Å². The summed E-state index contributed by atoms with van der Waals surface area (Å²) in [5, 5.41) is 0. The van der Waals surface area contributed by atoms with Crippen LogP contribution in [0.1, 0.15) is 59.3 Å². The van der Waals surface area contributed by atoms with Crippen LogP contribution in [0.4, 0.5) is 0 Å². The van der Waals surface area contributed by atoms with Gasteiger partial charge in [0.1, 0.15) is 0 Å². The average Bonchev–Trinajstić information content (AvgIpc) is 2.47. The van der Waals surface area contributed by atoms with E-state index in [0.29, 0.717) is 7.92 Å². The SMILES string of the molecule is CCCCP(CCCC)CCCC.COP(=O)(O)OC. The minimum atomic E-state index is -3.65. The summed E-state index contributed by atoms with van der Waals surface area (Å²) in [6.45, 7) is 6.94. The molecule has 0 spiro atoms. The normalized spacial score (nSPS) is 11.3. The fourth-order valence-corrected chi connectivity index (χ4v) is 4.67. The lowest BCUT2D eigenvalue weighted by molar-refractivity contribution is 0.204. The minimum Gasteiger partial charge on any atom is -0.303 e. The van der Waals surface area contributed by atoms with E-state index >= 15 is 0 Å². The number of hydrogen-bond donors (Lipinski definition) is 1. The Kier molecular flexibility index (Phi) is 18.2. The predicted octanol–water partition coefficient (Wildman–Crippen LogP) is 5.25. The van der Waals surface area contributed by atoms with Gasteiger partial charge in [0.2, 0.25) is 0 Å². The van der Waals surface area contributed by atoms with Crippen LogP contribution in [-0.2, 0) is 13.6 Å². The molecule has 0 rings (SSSR count). The molecule has 0 saturated carbocycles. The van der Waals surface area contributed by atoms with Gasteiger partial charge >= 0.3 is 7.82 Å². The molecule has 0 aromatic heterocycles. The third-order valence-corrected chi connectivity index (χ3v) is 6.71. The van der Waals surface area contributed by atoms with Gasteiger partial charge in [-0.1, -0.05) is 40.0 Å². The summed E-state index contributed by atoms with van der Waals surface area (Å²) in [5.74, 6) is 0. The molecular weight excluding hydrogens is 294 g/mol. The van der Waals surface area contributed by atoms with Crippen LogP contribution in [0.2, 0.25) is 0 Å². The highest BCUT2D eigenvalue weighted by Crippen LogP contribution is 2.40. The Labute approximate surface area is 127 Å². The number of phosphoric ester groups is 1. The Morgan fingerprint density at radius 3 is 1.30 bits per heavy atom. The van der Waals surface area contributed by atoms with Crippen molar-refractivity contribution in [1.82, 2.24) is 0 Å². The molecule has 0 amide bonds. The van der Waals surface area contributed by atoms with Crippen LogP contribution >= 0.6 is 15.7 Å². The van der Waals surface area contributed by atoms with Crippen molar-refractivity contribution in [3.63, 3.8) is 0 Å². The number of hydrogen-bond acceptors (Lipinski definition) is 3. The first-order valence-electron chi connectivity index (χ1n) is 7.63. The number of rotatable bonds is 11. The van der Waals surface area contributed by atoms with Crippen molar-refractivity contribution < 1.29 is 18.5 Å². The lowest BCUT2D eigenvalue weighted by Crippen LogP contribution is -1.95. The smallest absolute Gasteiger partial charge is 0.303 e. The summed E-state index contributed by atoms with van der Waals surface area (Å²) < 4.78 is 18.0. The van der Waals surface area contributed by atoms with E-state index in [0.717, 1.165) is 14.2 Å². The summed E-state index contributed by atoms with van der Waals surface area (Å²) in [6.07, 6.45) is 13.2. The van der Waals surface area contributed by atoms with E-state index in [2.05, 4.69) is 29.8 Å². The molecule has 1 N–H and O–H groups in total. The van der Waals surface area contributed by atoms with Crippen molar-refractivity contribution in [2.24, 2.45) is 0 Å². The monoisotopic (exact) mass is 328 g/mol. The van der Waals surface area contributed by atoms with Gasteiger partial charge in [-0.25, -0.2) is 4.57 Å². The summed E-state index contributed by atoms with van der Waals surface area (Å²) in [7, 11) is -1.03. The highest BCUT2D eigenvalue weighted by molar-refractivity contribution is 7.57. The van der Waals surface area contributed by atoms with E-state index in [1.165, 1.54) is 38.5 Å². The third-order valence-electron chi connectivity index (χ3n) is 2.95. The van der Waals surface area contributed by atoms with Gasteiger partial charge in [0.05, 0.1) is 0 Å². The highest BCUT2D eigenvalue weighted by atomic mass is 31.2. The molecule has 0 aliphatic heterocycles. The van der Waals surface area contributed by atoms with Gasteiger partial charge in [0.15, 0.2) is 0 Å². The van der Waals surface area contributed by atoms with Gasteiger partial charge in [-0.15, -0.1) is 7.92 Å². The summed E-state index contributed by atoms with van der Waals surface area (Å²) in [5.41, 5.74) is 0. The Bertz CT molecular complexity index is 210. The van der Waals surface area contributed by atoms with Crippen molar-refractivity contribution in [3.05, 3.63) is 0 Å². The molecule has 0 bridgehead atoms. The van der Waals surface area contributed by atoms with Gasteiger partial charge in [0.25, 0.3) is 0 Å². The molecule has 124 valence electrons. The second-order valence-corrected chi connectivity index (χ2v) is 9.09. The maximum atomic E-state index is 10.1. The van der Waals surface area contributed by atoms with Crippen LogP contribution in [-0.4, -0.2) is 37.6 Å². The molecule has 0 aromatic carbocycles. The fourth-order valence-electron chi connectivity index (χ4n) is 1.56. The quantitative estimate of drug-likeness (QED) is 0.526. The van der Waals surface area contributed by atoms with Crippen LogP contribution in [0.25, 0.3) is 0 Å². The predicted molar refractivity (Wildman–Crippen MR) is 90.1 cm³/mol. The highest BCUT2D eigenvalue weighted by Gasteiger charge is 2.13. The second kappa shape index (κ2) is 15.9. The standard InChI is InChI=1S/C12H27P.C2H7O4P/c1-4-7-10-13(11-8-5-2)12-9-6-3;1-5-7(3,4)6-2/h4-12H2,1-3H3;1-2H3,(H,3,4). The number of phosphoric acid groups is 1. The molecule has 0 aliphatic carbocycles. The Hall–Kier alpha value is 0.540. The molecule has 20 heavy (non-hydrogen) atoms. The van der Waals surface area contributed by atoms with Crippen LogP contribution in [0.5, 0.6) is 0 Å². The fraction of sp³-hybridized carbons (Fsp3) is 1.00. The van der Waals surface area contributed by atoms with Gasteiger partial charge in [-0.3, -0.25) is 9.05 Å². The lowest BCUT2D eigenvalue weighted by atomic mass is 10.4. The minimum absolute atomic E-state index is 0.422. The topological polar surface area (TPSA) is 55.8 Å². The Balaban J connectivity index is 0. The first kappa shape index (κ1) is 22.8. The molecule has 0 saturated heterocycles. The molecule has 6 heteroatoms. The maximum absolute atomic E-state index is 10.1. The van der Waals surface area contributed by atoms with Crippen molar-refractivity contribution in [2.45, 2.75) is 59.3 Å². The Morgan fingerprint density at radius 1 is 0.850 bits per heavy atom. The van der Waals surface area contributed by atoms with E-state index in [1.54, 1.807) is 18.5 Å². The molecule has 0 aliphatic rings. The van der Waals surface area contributed by atoms with Crippen molar-refractivity contribution in [2.75, 3.05) is 32.7 Å². The first-order chi connectivity index (χ1) is 9.47. The van der Waals surface area contributed by atoms with Crippen molar-refractivity contribution >= 4 is 15.7 Å². The Morgan fingerprint density at radius 2 is 1.15 bits per heavy atom. The van der Waals surface area contributed by atoms with Crippen LogP contribution in [0, 0.1) is 0 Å². The van der Waals surface area contributed by atoms with E-state index in [4.69, 9.17) is 4.89 Å². The molecule has 0 fully saturated rings. The van der Waals surface area contributed by atoms with E-state index < -0.39 is 7.82 Å². The van der Waals surface area contributed by atoms with E-state index in [1.807, 2.05) is 0 Å².